The Labute approximate surface area is 84.3 Å². The molecule has 0 saturated heterocycles. The van der Waals surface area contributed by atoms with Crippen LogP contribution in [-0.4, -0.2) is 16.2 Å². The highest BCUT2D eigenvalue weighted by Crippen LogP contribution is 2.06. The molecule has 0 spiro atoms. The van der Waals surface area contributed by atoms with Gasteiger partial charge in [-0.1, -0.05) is 12.5 Å². The third-order valence-electron chi connectivity index (χ3n) is 1.47. The molecule has 0 aromatic rings. The van der Waals surface area contributed by atoms with Crippen molar-refractivity contribution < 1.29 is 0 Å². The van der Waals surface area contributed by atoms with Gasteiger partial charge in [-0.2, -0.15) is 0 Å². The summed E-state index contributed by atoms with van der Waals surface area (Å²) in [7, 11) is 0. The Morgan fingerprint density at radius 1 is 1.45 bits per heavy atom. The lowest BCUT2D eigenvalue weighted by atomic mass is 10.2. The SMILES string of the molecule is C=C(C)CCCN(I)CCC. The molecule has 0 atom stereocenters. The summed E-state index contributed by atoms with van der Waals surface area (Å²) in [6.45, 7) is 10.6. The van der Waals surface area contributed by atoms with Crippen molar-refractivity contribution in [1.82, 2.24) is 3.11 Å². The van der Waals surface area contributed by atoms with Crippen LogP contribution < -0.4 is 0 Å². The fraction of sp³-hybridized carbons (Fsp3) is 0.778. The lowest BCUT2D eigenvalue weighted by Crippen LogP contribution is -2.13. The zero-order valence-electron chi connectivity index (χ0n) is 7.57. The van der Waals surface area contributed by atoms with Crippen LogP contribution >= 0.6 is 22.9 Å². The Kier molecular flexibility index (Phi) is 7.38. The first-order valence-corrected chi connectivity index (χ1v) is 5.18. The van der Waals surface area contributed by atoms with Gasteiger partial charge in [0.25, 0.3) is 0 Å². The van der Waals surface area contributed by atoms with Crippen molar-refractivity contribution in [1.29, 1.82) is 0 Å². The van der Waals surface area contributed by atoms with Crippen LogP contribution in [0.4, 0.5) is 0 Å². The Balaban J connectivity index is 3.16. The maximum Gasteiger partial charge on any atom is 0.0201 e. The van der Waals surface area contributed by atoms with E-state index >= 15 is 0 Å². The van der Waals surface area contributed by atoms with Crippen LogP contribution in [-0.2, 0) is 0 Å². The van der Waals surface area contributed by atoms with Crippen LogP contribution in [0.1, 0.15) is 33.1 Å². The van der Waals surface area contributed by atoms with Crippen LogP contribution in [0.3, 0.4) is 0 Å². The number of nitrogens with zero attached hydrogens (tertiary/aromatic N) is 1. The lowest BCUT2D eigenvalue weighted by molar-refractivity contribution is 0.492. The summed E-state index contributed by atoms with van der Waals surface area (Å²) < 4.78 is 2.35. The van der Waals surface area contributed by atoms with E-state index in [-0.39, 0.29) is 0 Å². The van der Waals surface area contributed by atoms with Crippen LogP contribution in [0.5, 0.6) is 0 Å². The van der Waals surface area contributed by atoms with E-state index in [9.17, 15) is 0 Å². The largest absolute Gasteiger partial charge is 0.248 e. The Morgan fingerprint density at radius 2 is 2.09 bits per heavy atom. The Bertz CT molecular complexity index is 112. The van der Waals surface area contributed by atoms with Gasteiger partial charge in [0.2, 0.25) is 0 Å². The number of rotatable bonds is 6. The zero-order valence-corrected chi connectivity index (χ0v) is 9.73. The molecule has 0 radical (unpaired) electrons. The van der Waals surface area contributed by atoms with Crippen LogP contribution in [0.15, 0.2) is 12.2 Å². The third-order valence-corrected chi connectivity index (χ3v) is 2.44. The number of allylic oxidation sites excluding steroid dienone is 1. The summed E-state index contributed by atoms with van der Waals surface area (Å²) in [5.41, 5.74) is 1.30. The normalized spacial score (nSPS) is 10.5. The molecular formula is C9H18IN. The highest BCUT2D eigenvalue weighted by atomic mass is 127. The first kappa shape index (κ1) is 11.4. The molecule has 0 bridgehead atoms. The second-order valence-electron chi connectivity index (χ2n) is 2.97. The predicted octanol–water partition coefficient (Wildman–Crippen LogP) is 3.40. The smallest absolute Gasteiger partial charge is 0.0201 e. The molecule has 0 aliphatic heterocycles. The quantitative estimate of drug-likeness (QED) is 0.405. The average molecular weight is 267 g/mol. The molecule has 0 amide bonds. The van der Waals surface area contributed by atoms with Crippen molar-refractivity contribution in [3.05, 3.63) is 12.2 Å². The van der Waals surface area contributed by atoms with E-state index < -0.39 is 0 Å². The number of halogens is 1. The minimum Gasteiger partial charge on any atom is -0.248 e. The Morgan fingerprint density at radius 3 is 2.55 bits per heavy atom. The molecule has 1 nitrogen and oxygen atoms in total. The van der Waals surface area contributed by atoms with E-state index in [1.807, 2.05) is 0 Å². The van der Waals surface area contributed by atoms with Gasteiger partial charge in [0, 0.05) is 36.0 Å². The van der Waals surface area contributed by atoms with E-state index in [2.05, 4.69) is 46.4 Å². The van der Waals surface area contributed by atoms with E-state index in [0.717, 1.165) is 0 Å². The fourth-order valence-corrected chi connectivity index (χ4v) is 1.73. The first-order valence-electron chi connectivity index (χ1n) is 4.22. The molecule has 0 heterocycles. The van der Waals surface area contributed by atoms with Crippen molar-refractivity contribution in [3.8, 4) is 0 Å². The number of hydrogen-bond donors (Lipinski definition) is 0. The van der Waals surface area contributed by atoms with E-state index in [1.165, 1.54) is 37.9 Å². The highest BCUT2D eigenvalue weighted by molar-refractivity contribution is 14.1. The summed E-state index contributed by atoms with van der Waals surface area (Å²) in [5.74, 6) is 0. The molecular weight excluding hydrogens is 249 g/mol. The van der Waals surface area contributed by atoms with Gasteiger partial charge >= 0.3 is 0 Å². The summed E-state index contributed by atoms with van der Waals surface area (Å²) >= 11 is 2.39. The highest BCUT2D eigenvalue weighted by Gasteiger charge is 1.96. The monoisotopic (exact) mass is 267 g/mol. The van der Waals surface area contributed by atoms with E-state index in [1.54, 1.807) is 0 Å². The second-order valence-corrected chi connectivity index (χ2v) is 4.34. The molecule has 0 aliphatic rings. The first-order chi connectivity index (χ1) is 5.16. The maximum absolute atomic E-state index is 3.88. The van der Waals surface area contributed by atoms with Crippen molar-refractivity contribution in [3.63, 3.8) is 0 Å². The Hall–Kier alpha value is 0.430. The van der Waals surface area contributed by atoms with Gasteiger partial charge in [-0.15, -0.1) is 6.58 Å². The molecule has 0 fully saturated rings. The minimum absolute atomic E-state index is 1.17. The second kappa shape index (κ2) is 7.10. The van der Waals surface area contributed by atoms with E-state index in [4.69, 9.17) is 0 Å². The van der Waals surface area contributed by atoms with Gasteiger partial charge in [0.05, 0.1) is 0 Å². The average Bonchev–Trinajstić information content (AvgIpc) is 1.87. The topological polar surface area (TPSA) is 3.24 Å². The van der Waals surface area contributed by atoms with Gasteiger partial charge in [-0.3, -0.25) is 0 Å². The molecule has 0 saturated carbocycles. The van der Waals surface area contributed by atoms with Crippen molar-refractivity contribution in [2.75, 3.05) is 13.1 Å². The van der Waals surface area contributed by atoms with Crippen molar-refractivity contribution >= 4 is 22.9 Å². The molecule has 0 rings (SSSR count). The molecule has 2 heteroatoms. The van der Waals surface area contributed by atoms with Crippen LogP contribution in [0.25, 0.3) is 0 Å². The van der Waals surface area contributed by atoms with Gasteiger partial charge in [0.1, 0.15) is 0 Å². The van der Waals surface area contributed by atoms with Gasteiger partial charge < -0.3 is 0 Å². The van der Waals surface area contributed by atoms with Gasteiger partial charge in [-0.25, -0.2) is 3.11 Å². The standard InChI is InChI=1S/C9H18IN/c1-4-7-11(10)8-5-6-9(2)3/h2,4-8H2,1,3H3. The maximum atomic E-state index is 3.88. The molecule has 0 aromatic carbocycles. The van der Waals surface area contributed by atoms with Crippen molar-refractivity contribution in [2.45, 2.75) is 33.1 Å². The molecule has 66 valence electrons. The predicted molar refractivity (Wildman–Crippen MR) is 59.9 cm³/mol. The van der Waals surface area contributed by atoms with Crippen molar-refractivity contribution in [2.24, 2.45) is 0 Å². The lowest BCUT2D eigenvalue weighted by Gasteiger charge is -2.12. The molecule has 0 N–H and O–H groups in total. The van der Waals surface area contributed by atoms with Crippen LogP contribution in [0, 0.1) is 0 Å². The number of hydrogen-bond acceptors (Lipinski definition) is 1. The van der Waals surface area contributed by atoms with E-state index in [0.29, 0.717) is 0 Å². The molecule has 0 aliphatic carbocycles. The third kappa shape index (κ3) is 8.34. The molecule has 0 aromatic heterocycles. The zero-order chi connectivity index (χ0) is 8.69. The molecule has 0 unspecified atom stereocenters. The summed E-state index contributed by atoms with van der Waals surface area (Å²) in [4.78, 5) is 0. The van der Waals surface area contributed by atoms with Gasteiger partial charge in [-0.05, 0) is 26.2 Å². The van der Waals surface area contributed by atoms with Crippen LogP contribution in [0.2, 0.25) is 0 Å². The fourth-order valence-electron chi connectivity index (χ4n) is 0.907. The summed E-state index contributed by atoms with van der Waals surface area (Å²) in [6, 6.07) is 0. The minimum atomic E-state index is 1.17. The summed E-state index contributed by atoms with van der Waals surface area (Å²) in [5, 5.41) is 0. The summed E-state index contributed by atoms with van der Waals surface area (Å²) in [6.07, 6.45) is 3.66. The molecule has 11 heavy (non-hydrogen) atoms. The van der Waals surface area contributed by atoms with Gasteiger partial charge in [0.15, 0.2) is 0 Å².